The number of pyridine rings is 1. The van der Waals surface area contributed by atoms with Crippen molar-refractivity contribution in [3.05, 3.63) is 23.5 Å². The van der Waals surface area contributed by atoms with E-state index in [-0.39, 0.29) is 35.6 Å². The summed E-state index contributed by atoms with van der Waals surface area (Å²) in [5, 5.41) is -0.892. The molecule has 0 saturated heterocycles. The lowest BCUT2D eigenvalue weighted by atomic mass is 10.1. The zero-order chi connectivity index (χ0) is 22.9. The summed E-state index contributed by atoms with van der Waals surface area (Å²) in [6, 6.07) is 2.16. The van der Waals surface area contributed by atoms with E-state index in [4.69, 9.17) is 10.5 Å². The summed E-state index contributed by atoms with van der Waals surface area (Å²) in [6.45, 7) is 9.80. The fraction of sp³-hybridized carbons (Fsp3) is 0.632. The topological polar surface area (TPSA) is 87.2 Å². The third-order valence-corrected chi connectivity index (χ3v) is 8.84. The molecule has 0 aliphatic heterocycles. The fourth-order valence-electron chi connectivity index (χ4n) is 3.05. The fourth-order valence-corrected chi connectivity index (χ4v) is 4.75. The Bertz CT molecular complexity index is 996. The lowest BCUT2D eigenvalue weighted by Crippen LogP contribution is -2.23. The number of ether oxygens (including phenoxy) is 1. The highest BCUT2D eigenvalue weighted by Crippen LogP contribution is 2.41. The molecule has 2 rings (SSSR count). The molecule has 0 atom stereocenters. The lowest BCUT2D eigenvalue weighted by Gasteiger charge is -2.17. The van der Waals surface area contributed by atoms with E-state index in [1.807, 2.05) is 0 Å². The summed E-state index contributed by atoms with van der Waals surface area (Å²) in [5.74, 6) is -0.404. The van der Waals surface area contributed by atoms with Crippen molar-refractivity contribution in [2.24, 2.45) is 0 Å². The molecule has 0 spiro atoms. The van der Waals surface area contributed by atoms with Crippen molar-refractivity contribution in [1.82, 2.24) is 9.55 Å². The predicted molar refractivity (Wildman–Crippen MR) is 116 cm³/mol. The smallest absolute Gasteiger partial charge is 0.398 e. The highest BCUT2D eigenvalue weighted by Gasteiger charge is 2.40. The Balaban J connectivity index is 2.54. The van der Waals surface area contributed by atoms with Crippen molar-refractivity contribution >= 4 is 34.6 Å². The molecule has 0 bridgehead atoms. The zero-order valence-corrected chi connectivity index (χ0v) is 19.8. The second-order valence-corrected chi connectivity index (χ2v) is 17.2. The molecule has 0 aromatic carbocycles. The second kappa shape index (κ2) is 8.87. The number of nitrogen functional groups attached to an aromatic ring is 1. The first-order chi connectivity index (χ1) is 13.6. The molecule has 2 aromatic rings. The molecular formula is C19H30F3N3O3SSi. The van der Waals surface area contributed by atoms with E-state index in [0.717, 1.165) is 6.04 Å². The Morgan fingerprint density at radius 3 is 2.43 bits per heavy atom. The molecule has 0 fully saturated rings. The number of aromatic nitrogens is 2. The van der Waals surface area contributed by atoms with Crippen LogP contribution in [0.2, 0.25) is 25.7 Å². The molecule has 6 nitrogen and oxygen atoms in total. The highest BCUT2D eigenvalue weighted by molar-refractivity contribution is 7.91. The van der Waals surface area contributed by atoms with Crippen molar-refractivity contribution in [2.75, 3.05) is 18.1 Å². The summed E-state index contributed by atoms with van der Waals surface area (Å²) in [5.41, 5.74) is 4.76. The number of hydrogen-bond donors (Lipinski definition) is 1. The number of alkyl halides is 3. The average Bonchev–Trinajstić information content (AvgIpc) is 2.91. The number of hydrogen-bond acceptors (Lipinski definition) is 5. The molecule has 0 amide bonds. The van der Waals surface area contributed by atoms with Gasteiger partial charge in [0.1, 0.15) is 12.4 Å². The normalized spacial score (nSPS) is 13.5. The van der Waals surface area contributed by atoms with Gasteiger partial charge in [-0.25, -0.2) is 13.4 Å². The summed E-state index contributed by atoms with van der Waals surface area (Å²) >= 11 is 0. The molecule has 11 heteroatoms. The van der Waals surface area contributed by atoms with Crippen molar-refractivity contribution in [3.63, 3.8) is 0 Å². The molecule has 2 heterocycles. The van der Waals surface area contributed by atoms with Gasteiger partial charge in [0.05, 0.1) is 22.0 Å². The van der Waals surface area contributed by atoms with Gasteiger partial charge in [-0.05, 0) is 26.0 Å². The van der Waals surface area contributed by atoms with Crippen LogP contribution in [0.15, 0.2) is 12.3 Å². The number of fused-ring (bicyclic) bond motifs is 1. The number of nitrogens with two attached hydrogens (primary N) is 1. The van der Waals surface area contributed by atoms with Crippen molar-refractivity contribution in [2.45, 2.75) is 64.1 Å². The van der Waals surface area contributed by atoms with Gasteiger partial charge in [-0.2, -0.15) is 13.2 Å². The van der Waals surface area contributed by atoms with Crippen LogP contribution in [0.4, 0.5) is 18.9 Å². The molecule has 30 heavy (non-hydrogen) atoms. The van der Waals surface area contributed by atoms with Crippen LogP contribution in [0.25, 0.3) is 11.0 Å². The van der Waals surface area contributed by atoms with E-state index in [1.54, 1.807) is 0 Å². The lowest BCUT2D eigenvalue weighted by molar-refractivity contribution is -0.137. The van der Waals surface area contributed by atoms with Gasteiger partial charge in [-0.1, -0.05) is 19.6 Å². The molecular weight excluding hydrogens is 435 g/mol. The van der Waals surface area contributed by atoms with Gasteiger partial charge in [-0.3, -0.25) is 0 Å². The van der Waals surface area contributed by atoms with Gasteiger partial charge >= 0.3 is 6.18 Å². The summed E-state index contributed by atoms with van der Waals surface area (Å²) in [7, 11) is -4.91. The van der Waals surface area contributed by atoms with Crippen LogP contribution in [0, 0.1) is 0 Å². The van der Waals surface area contributed by atoms with Crippen molar-refractivity contribution in [3.8, 4) is 0 Å². The Morgan fingerprint density at radius 1 is 1.27 bits per heavy atom. The van der Waals surface area contributed by atoms with Crippen molar-refractivity contribution < 1.29 is 26.3 Å². The number of rotatable bonds is 9. The molecule has 0 aliphatic carbocycles. The SMILES string of the molecule is CC(C)S(=O)(=O)CCc1c(C(F)(F)F)c2c(N)ccnc2n1COCC[Si](C)(C)C. The molecule has 0 unspecified atom stereocenters. The van der Waals surface area contributed by atoms with Crippen LogP contribution in [-0.2, 0) is 33.9 Å². The van der Waals surface area contributed by atoms with Gasteiger partial charge in [0.2, 0.25) is 0 Å². The van der Waals surface area contributed by atoms with Gasteiger partial charge < -0.3 is 15.0 Å². The first-order valence-corrected chi connectivity index (χ1v) is 15.2. The minimum absolute atomic E-state index is 0.0484. The average molecular weight is 466 g/mol. The molecule has 0 radical (unpaired) electrons. The third kappa shape index (κ3) is 5.76. The maximum absolute atomic E-state index is 14.0. The van der Waals surface area contributed by atoms with Crippen LogP contribution in [0.1, 0.15) is 25.1 Å². The number of halogens is 3. The van der Waals surface area contributed by atoms with Crippen molar-refractivity contribution in [1.29, 1.82) is 0 Å². The number of anilines is 1. The molecule has 0 aliphatic rings. The van der Waals surface area contributed by atoms with Gasteiger partial charge in [0.15, 0.2) is 9.84 Å². The minimum Gasteiger partial charge on any atom is -0.398 e. The third-order valence-electron chi connectivity index (χ3n) is 4.93. The van der Waals surface area contributed by atoms with Crippen LogP contribution in [0.5, 0.6) is 0 Å². The Kier molecular flexibility index (Phi) is 7.30. The van der Waals surface area contributed by atoms with E-state index in [9.17, 15) is 21.6 Å². The van der Waals surface area contributed by atoms with Crippen LogP contribution < -0.4 is 5.73 Å². The highest BCUT2D eigenvalue weighted by atomic mass is 32.2. The standard InChI is InChI=1S/C19H30F3N3O3SSi/c1-13(2)29(26,27)10-7-15-17(19(20,21)22)16-14(23)6-8-24-18(16)25(15)12-28-9-11-30(3,4)5/h6,8,13H,7,9-12H2,1-5H3,(H2,23,24). The van der Waals surface area contributed by atoms with E-state index in [1.165, 1.54) is 30.7 Å². The first kappa shape index (κ1) is 24.7. The summed E-state index contributed by atoms with van der Waals surface area (Å²) < 4.78 is 73.6. The van der Waals surface area contributed by atoms with E-state index >= 15 is 0 Å². The molecule has 2 aromatic heterocycles. The van der Waals surface area contributed by atoms with Gasteiger partial charge in [-0.15, -0.1) is 0 Å². The van der Waals surface area contributed by atoms with E-state index < -0.39 is 40.7 Å². The Morgan fingerprint density at radius 2 is 1.90 bits per heavy atom. The predicted octanol–water partition coefficient (Wildman–Crippen LogP) is 4.32. The van der Waals surface area contributed by atoms with E-state index in [0.29, 0.717) is 6.61 Å². The number of nitrogens with zero attached hydrogens (tertiary/aromatic N) is 2. The maximum Gasteiger partial charge on any atom is 0.418 e. The first-order valence-electron chi connectivity index (χ1n) is 9.77. The molecule has 170 valence electrons. The van der Waals surface area contributed by atoms with Crippen LogP contribution >= 0.6 is 0 Å². The van der Waals surface area contributed by atoms with Gasteiger partial charge in [0, 0.05) is 38.7 Å². The summed E-state index contributed by atoms with van der Waals surface area (Å²) in [4.78, 5) is 4.11. The van der Waals surface area contributed by atoms with Gasteiger partial charge in [0.25, 0.3) is 0 Å². The monoisotopic (exact) mass is 465 g/mol. The number of sulfone groups is 1. The second-order valence-electron chi connectivity index (χ2n) is 8.86. The van der Waals surface area contributed by atoms with Crippen LogP contribution in [0.3, 0.4) is 0 Å². The molecule has 2 N–H and O–H groups in total. The molecule has 0 saturated carbocycles. The minimum atomic E-state index is -4.71. The largest absolute Gasteiger partial charge is 0.418 e. The quantitative estimate of drug-likeness (QED) is 0.440. The van der Waals surface area contributed by atoms with Crippen LogP contribution in [-0.4, -0.2) is 43.7 Å². The van der Waals surface area contributed by atoms with E-state index in [2.05, 4.69) is 24.6 Å². The maximum atomic E-state index is 14.0. The Labute approximate surface area is 176 Å². The zero-order valence-electron chi connectivity index (χ0n) is 18.0. The Hall–Kier alpha value is -1.59. The summed E-state index contributed by atoms with van der Waals surface area (Å²) in [6.07, 6.45) is -3.68.